The quantitative estimate of drug-likeness (QED) is 0.139. The molecule has 0 bridgehead atoms. The second-order valence-corrected chi connectivity index (χ2v) is 10.1. The van der Waals surface area contributed by atoms with Crippen LogP contribution in [-0.2, 0) is 9.53 Å². The van der Waals surface area contributed by atoms with Crippen molar-refractivity contribution >= 4 is 5.97 Å². The topological polar surface area (TPSA) is 59.3 Å². The van der Waals surface area contributed by atoms with Gasteiger partial charge in [-0.25, -0.2) is 0 Å². The molecule has 1 aliphatic carbocycles. The van der Waals surface area contributed by atoms with E-state index in [1.807, 2.05) is 36.4 Å². The molecule has 3 rings (SSSR count). The number of carbonyl (C=O) groups excluding carboxylic acids is 1. The molecular formula is C33H43NO3. The lowest BCUT2D eigenvalue weighted by Gasteiger charge is -2.16. The first kappa shape index (κ1) is 28.5. The zero-order valence-electron chi connectivity index (χ0n) is 22.3. The highest BCUT2D eigenvalue weighted by atomic mass is 16.5. The van der Waals surface area contributed by atoms with Gasteiger partial charge in [0.05, 0.1) is 30.8 Å². The van der Waals surface area contributed by atoms with Crippen molar-refractivity contribution in [3.05, 3.63) is 66.2 Å². The number of benzene rings is 2. The summed E-state index contributed by atoms with van der Waals surface area (Å²) >= 11 is 0. The van der Waals surface area contributed by atoms with E-state index in [-0.39, 0.29) is 11.9 Å². The van der Waals surface area contributed by atoms with Crippen LogP contribution in [0.1, 0.15) is 95.5 Å². The summed E-state index contributed by atoms with van der Waals surface area (Å²) in [6.07, 6.45) is 20.3. The number of rotatable bonds is 15. The number of esters is 1. The number of unbranched alkanes of at least 4 members (excludes halogenated alkanes) is 8. The number of allylic oxidation sites excluding steroid dienone is 2. The smallest absolute Gasteiger partial charge is 0.308 e. The normalized spacial score (nSPS) is 16.2. The summed E-state index contributed by atoms with van der Waals surface area (Å²) in [7, 11) is 0. The van der Waals surface area contributed by atoms with Crippen molar-refractivity contribution in [3.8, 4) is 22.9 Å². The number of carbonyl (C=O) groups is 1. The van der Waals surface area contributed by atoms with Gasteiger partial charge in [-0.2, -0.15) is 5.26 Å². The van der Waals surface area contributed by atoms with E-state index in [1.54, 1.807) is 0 Å². The summed E-state index contributed by atoms with van der Waals surface area (Å²) in [5.41, 5.74) is 2.91. The molecule has 2 aromatic rings. The maximum absolute atomic E-state index is 12.2. The van der Waals surface area contributed by atoms with Crippen LogP contribution in [0, 0.1) is 17.2 Å². The van der Waals surface area contributed by atoms with Gasteiger partial charge in [0.2, 0.25) is 0 Å². The van der Waals surface area contributed by atoms with Gasteiger partial charge in [-0.05, 0) is 80.3 Å². The first-order valence-corrected chi connectivity index (χ1v) is 14.3. The Morgan fingerprint density at radius 2 is 1.30 bits per heavy atom. The van der Waals surface area contributed by atoms with Crippen LogP contribution in [0.5, 0.6) is 5.75 Å². The van der Waals surface area contributed by atoms with Crippen molar-refractivity contribution in [3.63, 3.8) is 0 Å². The zero-order valence-corrected chi connectivity index (χ0v) is 22.3. The second kappa shape index (κ2) is 17.4. The van der Waals surface area contributed by atoms with E-state index < -0.39 is 0 Å². The highest BCUT2D eigenvalue weighted by Gasteiger charge is 2.19. The molecule has 0 N–H and O–H groups in total. The lowest BCUT2D eigenvalue weighted by atomic mass is 9.94. The lowest BCUT2D eigenvalue weighted by Crippen LogP contribution is -2.19. The van der Waals surface area contributed by atoms with Gasteiger partial charge in [0.25, 0.3) is 0 Å². The van der Waals surface area contributed by atoms with Gasteiger partial charge in [0.15, 0.2) is 0 Å². The average molecular weight is 502 g/mol. The molecule has 0 aliphatic heterocycles. The Balaban J connectivity index is 1.12. The molecule has 1 atom stereocenters. The molecule has 0 saturated heterocycles. The van der Waals surface area contributed by atoms with E-state index in [9.17, 15) is 4.79 Å². The number of hydrogen-bond donors (Lipinski definition) is 0. The van der Waals surface area contributed by atoms with Crippen LogP contribution in [0.3, 0.4) is 0 Å². The fraction of sp³-hybridized carbons (Fsp3) is 0.515. The molecule has 0 saturated carbocycles. The van der Waals surface area contributed by atoms with Gasteiger partial charge < -0.3 is 9.47 Å². The Hall–Kier alpha value is -3.06. The Bertz CT molecular complexity index is 972. The highest BCUT2D eigenvalue weighted by molar-refractivity contribution is 5.72. The first-order chi connectivity index (χ1) is 18.3. The molecular weight excluding hydrogens is 458 g/mol. The first-order valence-electron chi connectivity index (χ1n) is 14.3. The second-order valence-electron chi connectivity index (χ2n) is 10.1. The summed E-state index contributed by atoms with van der Waals surface area (Å²) in [5.74, 6) is 1.04. The van der Waals surface area contributed by atoms with Gasteiger partial charge >= 0.3 is 5.97 Å². The fourth-order valence-electron chi connectivity index (χ4n) is 4.80. The van der Waals surface area contributed by atoms with Crippen LogP contribution in [0.2, 0.25) is 0 Å². The van der Waals surface area contributed by atoms with Gasteiger partial charge in [0.1, 0.15) is 5.75 Å². The van der Waals surface area contributed by atoms with Crippen LogP contribution in [-0.4, -0.2) is 19.2 Å². The predicted octanol–water partition coefficient (Wildman–Crippen LogP) is 8.79. The van der Waals surface area contributed by atoms with Crippen molar-refractivity contribution < 1.29 is 14.3 Å². The van der Waals surface area contributed by atoms with E-state index in [4.69, 9.17) is 14.7 Å². The largest absolute Gasteiger partial charge is 0.494 e. The molecule has 0 spiro atoms. The summed E-state index contributed by atoms with van der Waals surface area (Å²) in [4.78, 5) is 12.2. The minimum atomic E-state index is 0.0272. The Morgan fingerprint density at radius 1 is 0.730 bits per heavy atom. The van der Waals surface area contributed by atoms with E-state index in [0.29, 0.717) is 12.2 Å². The minimum absolute atomic E-state index is 0.0272. The zero-order chi connectivity index (χ0) is 26.0. The number of nitriles is 1. The van der Waals surface area contributed by atoms with E-state index >= 15 is 0 Å². The molecule has 198 valence electrons. The Kier molecular flexibility index (Phi) is 13.4. The van der Waals surface area contributed by atoms with Crippen LogP contribution in [0.4, 0.5) is 0 Å². The molecule has 37 heavy (non-hydrogen) atoms. The molecule has 4 nitrogen and oxygen atoms in total. The average Bonchev–Trinajstić information content (AvgIpc) is 2.91. The lowest BCUT2D eigenvalue weighted by molar-refractivity contribution is -0.149. The van der Waals surface area contributed by atoms with Crippen molar-refractivity contribution in [2.45, 2.75) is 89.9 Å². The van der Waals surface area contributed by atoms with Crippen molar-refractivity contribution in [2.75, 3.05) is 13.2 Å². The number of hydrogen-bond acceptors (Lipinski definition) is 4. The fourth-order valence-corrected chi connectivity index (χ4v) is 4.80. The van der Waals surface area contributed by atoms with E-state index in [1.165, 1.54) is 38.5 Å². The third-order valence-electron chi connectivity index (χ3n) is 7.11. The third-order valence-corrected chi connectivity index (χ3v) is 7.11. The number of ether oxygens (including phenoxy) is 2. The maximum atomic E-state index is 12.2. The molecule has 0 amide bonds. The molecule has 0 radical (unpaired) electrons. The van der Waals surface area contributed by atoms with Crippen LogP contribution in [0.15, 0.2) is 60.7 Å². The molecule has 0 unspecified atom stereocenters. The van der Waals surface area contributed by atoms with Gasteiger partial charge in [0, 0.05) is 0 Å². The van der Waals surface area contributed by atoms with Gasteiger partial charge in [-0.3, -0.25) is 4.79 Å². The standard InChI is InChI=1S/C33H43NO3/c34-27-28-17-19-29(20-18-28)30-21-23-32(24-22-30)36-25-13-9-4-2-1-3-5-10-14-26-37-33(35)31-15-11-7-6-8-12-16-31/h6-7,17-24,31H,1-5,8-16,25-26H2/b7-6-/t31-/m0/s1. The third kappa shape index (κ3) is 11.3. The van der Waals surface area contributed by atoms with Crippen LogP contribution < -0.4 is 4.74 Å². The molecule has 0 aromatic heterocycles. The summed E-state index contributed by atoms with van der Waals surface area (Å²) in [6, 6.07) is 18.0. The van der Waals surface area contributed by atoms with Gasteiger partial charge in [-0.1, -0.05) is 81.4 Å². The van der Waals surface area contributed by atoms with E-state index in [0.717, 1.165) is 74.8 Å². The molecule has 1 aliphatic rings. The van der Waals surface area contributed by atoms with Crippen molar-refractivity contribution in [2.24, 2.45) is 5.92 Å². The molecule has 0 fully saturated rings. The minimum Gasteiger partial charge on any atom is -0.494 e. The molecule has 2 aromatic carbocycles. The highest BCUT2D eigenvalue weighted by Crippen LogP contribution is 2.23. The summed E-state index contributed by atoms with van der Waals surface area (Å²) in [5, 5.41) is 8.92. The van der Waals surface area contributed by atoms with E-state index in [2.05, 4.69) is 30.4 Å². The van der Waals surface area contributed by atoms with Crippen LogP contribution in [0.25, 0.3) is 11.1 Å². The van der Waals surface area contributed by atoms with Gasteiger partial charge in [-0.15, -0.1) is 0 Å². The summed E-state index contributed by atoms with van der Waals surface area (Å²) in [6.45, 7) is 1.34. The Morgan fingerprint density at radius 3 is 1.95 bits per heavy atom. The number of nitrogens with zero attached hydrogens (tertiary/aromatic N) is 1. The SMILES string of the molecule is N#Cc1ccc(-c2ccc(OCCCCCCCCCCCOC(=O)[C@H]3CC/C=C\CCC3)cc2)cc1. The maximum Gasteiger partial charge on any atom is 0.308 e. The summed E-state index contributed by atoms with van der Waals surface area (Å²) < 4.78 is 11.4. The predicted molar refractivity (Wildman–Crippen MR) is 150 cm³/mol. The van der Waals surface area contributed by atoms with Crippen molar-refractivity contribution in [1.29, 1.82) is 5.26 Å². The van der Waals surface area contributed by atoms with Crippen LogP contribution >= 0.6 is 0 Å². The molecule has 0 heterocycles. The Labute approximate surface area is 223 Å². The molecule has 4 heteroatoms. The monoisotopic (exact) mass is 501 g/mol. The van der Waals surface area contributed by atoms with Crippen molar-refractivity contribution in [1.82, 2.24) is 0 Å².